The summed E-state index contributed by atoms with van der Waals surface area (Å²) in [7, 11) is 0. The topological polar surface area (TPSA) is 75.6 Å². The van der Waals surface area contributed by atoms with Crippen molar-refractivity contribution in [2.24, 2.45) is 0 Å². The molecular formula is C22H19NO4. The molecule has 3 aromatic carbocycles. The van der Waals surface area contributed by atoms with Crippen LogP contribution in [0.1, 0.15) is 21.5 Å². The summed E-state index contributed by atoms with van der Waals surface area (Å²) in [6.45, 7) is -0.157. The van der Waals surface area contributed by atoms with Crippen molar-refractivity contribution < 1.29 is 19.4 Å². The lowest BCUT2D eigenvalue weighted by Crippen LogP contribution is -2.20. The molecule has 0 bridgehead atoms. The predicted molar refractivity (Wildman–Crippen MR) is 103 cm³/mol. The fourth-order valence-electron chi connectivity index (χ4n) is 2.61. The molecule has 0 spiro atoms. The molecule has 2 N–H and O–H groups in total. The van der Waals surface area contributed by atoms with Crippen molar-refractivity contribution in [2.45, 2.75) is 6.42 Å². The monoisotopic (exact) mass is 361 g/mol. The van der Waals surface area contributed by atoms with Crippen molar-refractivity contribution in [1.82, 2.24) is 0 Å². The summed E-state index contributed by atoms with van der Waals surface area (Å²) in [6, 6.07) is 23.8. The lowest BCUT2D eigenvalue weighted by Gasteiger charge is -2.09. The Morgan fingerprint density at radius 2 is 1.56 bits per heavy atom. The van der Waals surface area contributed by atoms with Crippen LogP contribution in [0.5, 0.6) is 5.75 Å². The van der Waals surface area contributed by atoms with E-state index < -0.39 is 5.97 Å². The Bertz CT molecular complexity index is 921. The highest BCUT2D eigenvalue weighted by Crippen LogP contribution is 2.16. The number of rotatable bonds is 7. The zero-order valence-electron chi connectivity index (χ0n) is 14.6. The third-order valence-corrected chi connectivity index (χ3v) is 3.94. The number of hydrogen-bond acceptors (Lipinski definition) is 3. The molecule has 0 saturated heterocycles. The van der Waals surface area contributed by atoms with Gasteiger partial charge in [0.15, 0.2) is 6.61 Å². The van der Waals surface area contributed by atoms with Crippen LogP contribution in [0.2, 0.25) is 0 Å². The van der Waals surface area contributed by atoms with Gasteiger partial charge in [-0.3, -0.25) is 4.79 Å². The Labute approximate surface area is 157 Å². The summed E-state index contributed by atoms with van der Waals surface area (Å²) in [5.41, 5.74) is 2.92. The number of carboxylic acids is 1. The molecule has 27 heavy (non-hydrogen) atoms. The van der Waals surface area contributed by atoms with Gasteiger partial charge in [0.05, 0.1) is 5.56 Å². The lowest BCUT2D eigenvalue weighted by molar-refractivity contribution is -0.118. The molecule has 0 heterocycles. The minimum Gasteiger partial charge on any atom is -0.484 e. The molecule has 0 unspecified atom stereocenters. The molecule has 0 aliphatic heterocycles. The van der Waals surface area contributed by atoms with E-state index in [0.717, 1.165) is 12.0 Å². The van der Waals surface area contributed by atoms with E-state index in [1.54, 1.807) is 12.1 Å². The Kier molecular flexibility index (Phi) is 5.84. The van der Waals surface area contributed by atoms with Crippen LogP contribution in [0.25, 0.3) is 0 Å². The maximum atomic E-state index is 12.0. The quantitative estimate of drug-likeness (QED) is 0.667. The number of aromatic carboxylic acids is 1. The maximum absolute atomic E-state index is 12.0. The summed E-state index contributed by atoms with van der Waals surface area (Å²) < 4.78 is 5.49. The number of carbonyl (C=O) groups is 2. The van der Waals surface area contributed by atoms with Crippen molar-refractivity contribution in [3.05, 3.63) is 95.6 Å². The number of carbonyl (C=O) groups excluding carboxylic acids is 1. The van der Waals surface area contributed by atoms with Gasteiger partial charge in [-0.15, -0.1) is 0 Å². The fourth-order valence-corrected chi connectivity index (χ4v) is 2.61. The zero-order valence-corrected chi connectivity index (χ0v) is 14.6. The Morgan fingerprint density at radius 3 is 2.26 bits per heavy atom. The van der Waals surface area contributed by atoms with Gasteiger partial charge < -0.3 is 15.2 Å². The van der Waals surface area contributed by atoms with Gasteiger partial charge in [0.1, 0.15) is 5.75 Å². The van der Waals surface area contributed by atoms with Crippen LogP contribution < -0.4 is 10.1 Å². The first-order valence-electron chi connectivity index (χ1n) is 8.49. The summed E-state index contributed by atoms with van der Waals surface area (Å²) in [6.07, 6.45) is 0.835. The number of nitrogens with one attached hydrogen (secondary N) is 1. The van der Waals surface area contributed by atoms with Crippen molar-refractivity contribution >= 4 is 17.6 Å². The Hall–Kier alpha value is -3.60. The zero-order chi connectivity index (χ0) is 19.1. The molecule has 0 atom stereocenters. The second kappa shape index (κ2) is 8.67. The highest BCUT2D eigenvalue weighted by molar-refractivity contribution is 5.94. The molecule has 0 aliphatic carbocycles. The third kappa shape index (κ3) is 5.44. The van der Waals surface area contributed by atoms with Gasteiger partial charge in [-0.2, -0.15) is 0 Å². The largest absolute Gasteiger partial charge is 0.484 e. The predicted octanol–water partition coefficient (Wildman–Crippen LogP) is 3.99. The van der Waals surface area contributed by atoms with E-state index in [9.17, 15) is 9.59 Å². The van der Waals surface area contributed by atoms with Gasteiger partial charge in [0.25, 0.3) is 5.91 Å². The van der Waals surface area contributed by atoms with E-state index in [2.05, 4.69) is 17.4 Å². The third-order valence-electron chi connectivity index (χ3n) is 3.94. The van der Waals surface area contributed by atoms with E-state index in [1.807, 2.05) is 42.5 Å². The van der Waals surface area contributed by atoms with Gasteiger partial charge >= 0.3 is 5.97 Å². The van der Waals surface area contributed by atoms with Crippen LogP contribution in [0.4, 0.5) is 5.69 Å². The molecule has 0 radical (unpaired) electrons. The van der Waals surface area contributed by atoms with Crippen LogP contribution in [0.15, 0.2) is 78.9 Å². The molecule has 3 rings (SSSR count). The molecule has 0 aliphatic rings. The first-order chi connectivity index (χ1) is 13.1. The normalized spacial score (nSPS) is 10.2. The molecule has 5 heteroatoms. The van der Waals surface area contributed by atoms with Crippen molar-refractivity contribution in [3.63, 3.8) is 0 Å². The van der Waals surface area contributed by atoms with Crippen LogP contribution in [-0.2, 0) is 11.2 Å². The summed E-state index contributed by atoms with van der Waals surface area (Å²) in [4.78, 5) is 22.9. The van der Waals surface area contributed by atoms with Crippen molar-refractivity contribution in [2.75, 3.05) is 11.9 Å². The number of anilines is 1. The average Bonchev–Trinajstić information content (AvgIpc) is 2.68. The molecule has 3 aromatic rings. The first-order valence-corrected chi connectivity index (χ1v) is 8.49. The molecule has 0 fully saturated rings. The summed E-state index contributed by atoms with van der Waals surface area (Å²) in [5, 5.41) is 11.6. The highest BCUT2D eigenvalue weighted by Gasteiger charge is 2.07. The lowest BCUT2D eigenvalue weighted by atomic mass is 10.1. The van der Waals surface area contributed by atoms with Gasteiger partial charge in [0, 0.05) is 5.69 Å². The molecule has 5 nitrogen and oxygen atoms in total. The summed E-state index contributed by atoms with van der Waals surface area (Å²) >= 11 is 0. The Balaban J connectivity index is 1.51. The first kappa shape index (κ1) is 18.2. The molecule has 0 aromatic heterocycles. The highest BCUT2D eigenvalue weighted by atomic mass is 16.5. The summed E-state index contributed by atoms with van der Waals surface area (Å²) in [5.74, 6) is -0.801. The fraction of sp³-hybridized carbons (Fsp3) is 0.0909. The molecule has 1 amide bonds. The minimum absolute atomic E-state index is 0.114. The number of ether oxygens (including phenoxy) is 1. The smallest absolute Gasteiger partial charge is 0.335 e. The minimum atomic E-state index is -1.04. The molecular weight excluding hydrogens is 342 g/mol. The van der Waals surface area contributed by atoms with Crippen LogP contribution in [0.3, 0.4) is 0 Å². The SMILES string of the molecule is O=C(COc1ccc(Cc2ccccc2)cc1)Nc1cccc(C(=O)O)c1. The maximum Gasteiger partial charge on any atom is 0.335 e. The van der Waals surface area contributed by atoms with E-state index >= 15 is 0 Å². The van der Waals surface area contributed by atoms with Gasteiger partial charge in [-0.05, 0) is 47.9 Å². The van der Waals surface area contributed by atoms with Crippen molar-refractivity contribution in [3.8, 4) is 5.75 Å². The Morgan fingerprint density at radius 1 is 0.852 bits per heavy atom. The molecule has 0 saturated carbocycles. The number of amides is 1. The van der Waals surface area contributed by atoms with E-state index in [-0.39, 0.29) is 18.1 Å². The number of hydrogen-bond donors (Lipinski definition) is 2. The van der Waals surface area contributed by atoms with Gasteiger partial charge in [-0.1, -0.05) is 48.5 Å². The standard InChI is InChI=1S/C22H19NO4/c24-21(23-19-8-4-7-18(14-19)22(25)26)15-27-20-11-9-17(10-12-20)13-16-5-2-1-3-6-16/h1-12,14H,13,15H2,(H,23,24)(H,25,26). The molecule has 136 valence electrons. The number of benzene rings is 3. The second-order valence-electron chi connectivity index (χ2n) is 6.03. The van der Waals surface area contributed by atoms with E-state index in [0.29, 0.717) is 11.4 Å². The second-order valence-corrected chi connectivity index (χ2v) is 6.03. The van der Waals surface area contributed by atoms with Crippen LogP contribution in [0, 0.1) is 0 Å². The van der Waals surface area contributed by atoms with Crippen LogP contribution in [-0.4, -0.2) is 23.6 Å². The van der Waals surface area contributed by atoms with Crippen LogP contribution >= 0.6 is 0 Å². The van der Waals surface area contributed by atoms with Crippen molar-refractivity contribution in [1.29, 1.82) is 0 Å². The van der Waals surface area contributed by atoms with E-state index in [4.69, 9.17) is 9.84 Å². The van der Waals surface area contributed by atoms with Gasteiger partial charge in [-0.25, -0.2) is 4.79 Å². The van der Waals surface area contributed by atoms with E-state index in [1.165, 1.54) is 17.7 Å². The average molecular weight is 361 g/mol. The number of carboxylic acid groups (broad SMARTS) is 1. The van der Waals surface area contributed by atoms with Gasteiger partial charge in [0.2, 0.25) is 0 Å².